The molecule has 0 saturated heterocycles. The zero-order valence-corrected chi connectivity index (χ0v) is 18.9. The number of fused-ring (bicyclic) bond motifs is 4. The molecule has 0 spiro atoms. The molecule has 0 unspecified atom stereocenters. The minimum Gasteiger partial charge on any atom is -0.490 e. The number of amides is 3. The van der Waals surface area contributed by atoms with Crippen LogP contribution in [-0.4, -0.2) is 50.1 Å². The van der Waals surface area contributed by atoms with Gasteiger partial charge < -0.3 is 14.8 Å². The van der Waals surface area contributed by atoms with Gasteiger partial charge in [-0.05, 0) is 24.3 Å². The molecule has 34 heavy (non-hydrogen) atoms. The van der Waals surface area contributed by atoms with Gasteiger partial charge in [0, 0.05) is 25.2 Å². The number of imide groups is 1. The summed E-state index contributed by atoms with van der Waals surface area (Å²) in [5.74, 6) is 0.924. The van der Waals surface area contributed by atoms with Gasteiger partial charge in [0.15, 0.2) is 16.7 Å². The quantitative estimate of drug-likeness (QED) is 0.425. The molecular formula is C22H20N6O5S. The lowest BCUT2D eigenvalue weighted by atomic mass is 10.2. The number of thioether (sulfide) groups is 1. The number of para-hydroxylation sites is 1. The third-order valence-corrected chi connectivity index (χ3v) is 6.12. The van der Waals surface area contributed by atoms with E-state index in [-0.39, 0.29) is 11.3 Å². The monoisotopic (exact) mass is 480 g/mol. The summed E-state index contributed by atoms with van der Waals surface area (Å²) in [6.07, 6.45) is 0.775. The Bertz CT molecular complexity index is 1480. The van der Waals surface area contributed by atoms with Gasteiger partial charge in [-0.1, -0.05) is 23.9 Å². The molecule has 174 valence electrons. The molecule has 0 aliphatic carbocycles. The maximum Gasteiger partial charge on any atom is 0.325 e. The van der Waals surface area contributed by atoms with Crippen molar-refractivity contribution >= 4 is 46.1 Å². The first kappa shape index (κ1) is 21.8. The van der Waals surface area contributed by atoms with Crippen LogP contribution in [0.1, 0.15) is 6.42 Å². The summed E-state index contributed by atoms with van der Waals surface area (Å²) >= 11 is 1.11. The van der Waals surface area contributed by atoms with E-state index in [0.29, 0.717) is 52.2 Å². The number of rotatable bonds is 4. The van der Waals surface area contributed by atoms with E-state index in [4.69, 9.17) is 9.47 Å². The molecule has 0 saturated carbocycles. The Hall–Kier alpha value is -4.06. The molecule has 0 atom stereocenters. The first-order chi connectivity index (χ1) is 16.5. The van der Waals surface area contributed by atoms with E-state index < -0.39 is 11.9 Å². The number of ether oxygens (including phenoxy) is 2. The third-order valence-electron chi connectivity index (χ3n) is 5.19. The summed E-state index contributed by atoms with van der Waals surface area (Å²) in [7, 11) is 1.61. The predicted molar refractivity (Wildman–Crippen MR) is 126 cm³/mol. The molecule has 2 aromatic heterocycles. The number of aryl methyl sites for hydroxylation is 1. The Kier molecular flexibility index (Phi) is 5.80. The average molecular weight is 481 g/mol. The molecule has 0 fully saturated rings. The first-order valence-corrected chi connectivity index (χ1v) is 11.5. The lowest BCUT2D eigenvalue weighted by molar-refractivity contribution is -0.117. The number of benzene rings is 2. The summed E-state index contributed by atoms with van der Waals surface area (Å²) in [4.78, 5) is 37.2. The number of nitrogens with zero attached hydrogens (tertiary/aromatic N) is 4. The minimum absolute atomic E-state index is 0.0769. The van der Waals surface area contributed by atoms with E-state index in [1.807, 2.05) is 6.07 Å². The van der Waals surface area contributed by atoms with Gasteiger partial charge in [-0.25, -0.2) is 4.79 Å². The molecular weight excluding hydrogens is 460 g/mol. The highest BCUT2D eigenvalue weighted by atomic mass is 32.2. The number of aromatic nitrogens is 4. The van der Waals surface area contributed by atoms with Crippen molar-refractivity contribution in [1.29, 1.82) is 0 Å². The van der Waals surface area contributed by atoms with Gasteiger partial charge in [-0.2, -0.15) is 0 Å². The lowest BCUT2D eigenvalue weighted by Crippen LogP contribution is -2.35. The van der Waals surface area contributed by atoms with Crippen molar-refractivity contribution in [1.82, 2.24) is 24.5 Å². The van der Waals surface area contributed by atoms with Crippen LogP contribution in [0.2, 0.25) is 0 Å². The molecule has 0 bridgehead atoms. The van der Waals surface area contributed by atoms with E-state index in [1.165, 1.54) is 4.57 Å². The van der Waals surface area contributed by atoms with Crippen LogP contribution in [0.3, 0.4) is 0 Å². The number of urea groups is 1. The molecule has 2 aromatic carbocycles. The number of hydrogen-bond acceptors (Lipinski definition) is 8. The number of nitrogens with one attached hydrogen (secondary N) is 2. The Morgan fingerprint density at radius 1 is 1.09 bits per heavy atom. The summed E-state index contributed by atoms with van der Waals surface area (Å²) in [6, 6.07) is 11.5. The lowest BCUT2D eigenvalue weighted by Gasteiger charge is -2.11. The largest absolute Gasteiger partial charge is 0.490 e. The second-order valence-electron chi connectivity index (χ2n) is 7.50. The van der Waals surface area contributed by atoms with E-state index >= 15 is 0 Å². The Labute approximate surface area is 197 Å². The van der Waals surface area contributed by atoms with Crippen LogP contribution >= 0.6 is 11.8 Å². The highest BCUT2D eigenvalue weighted by Gasteiger charge is 2.17. The van der Waals surface area contributed by atoms with Gasteiger partial charge in [0.1, 0.15) is 0 Å². The van der Waals surface area contributed by atoms with Crippen LogP contribution in [0.5, 0.6) is 11.5 Å². The minimum atomic E-state index is -0.668. The van der Waals surface area contributed by atoms with Crippen molar-refractivity contribution in [2.75, 3.05) is 24.3 Å². The van der Waals surface area contributed by atoms with Gasteiger partial charge >= 0.3 is 6.03 Å². The van der Waals surface area contributed by atoms with Crippen LogP contribution in [0, 0.1) is 0 Å². The Morgan fingerprint density at radius 2 is 1.88 bits per heavy atom. The van der Waals surface area contributed by atoms with Crippen LogP contribution in [0.25, 0.3) is 16.7 Å². The van der Waals surface area contributed by atoms with Crippen molar-refractivity contribution in [3.8, 4) is 11.5 Å². The highest BCUT2D eigenvalue weighted by Crippen LogP contribution is 2.32. The van der Waals surface area contributed by atoms with E-state index in [0.717, 1.165) is 18.2 Å². The van der Waals surface area contributed by atoms with Crippen molar-refractivity contribution in [2.45, 2.75) is 11.6 Å². The third kappa shape index (κ3) is 4.15. The number of hydrogen-bond donors (Lipinski definition) is 2. The van der Waals surface area contributed by atoms with Crippen LogP contribution in [-0.2, 0) is 11.8 Å². The second-order valence-corrected chi connectivity index (χ2v) is 8.44. The molecule has 11 nitrogen and oxygen atoms in total. The zero-order chi connectivity index (χ0) is 23.7. The van der Waals surface area contributed by atoms with Gasteiger partial charge in [0.25, 0.3) is 5.56 Å². The van der Waals surface area contributed by atoms with E-state index in [1.54, 1.807) is 47.8 Å². The fourth-order valence-electron chi connectivity index (χ4n) is 3.60. The normalized spacial score (nSPS) is 13.0. The van der Waals surface area contributed by atoms with Crippen molar-refractivity contribution in [3.05, 3.63) is 52.8 Å². The summed E-state index contributed by atoms with van der Waals surface area (Å²) in [6.45, 7) is 1.10. The molecule has 1 aliphatic heterocycles. The number of anilines is 1. The molecule has 1 aliphatic rings. The topological polar surface area (TPSA) is 129 Å². The summed E-state index contributed by atoms with van der Waals surface area (Å²) in [5.41, 5.74) is 0.926. The molecule has 4 aromatic rings. The average Bonchev–Trinajstić information content (AvgIpc) is 3.12. The zero-order valence-electron chi connectivity index (χ0n) is 18.1. The SMILES string of the molecule is Cn1c(=O)c2ccccc2n2c(SCC(=O)NC(=O)Nc3ccc4c(c3)OCCCO4)nnc12. The molecule has 2 N–H and O–H groups in total. The maximum atomic E-state index is 12.5. The summed E-state index contributed by atoms with van der Waals surface area (Å²) < 4.78 is 14.3. The number of carbonyl (C=O) groups excluding carboxylic acids is 2. The van der Waals surface area contributed by atoms with E-state index in [9.17, 15) is 14.4 Å². The van der Waals surface area contributed by atoms with Crippen molar-refractivity contribution in [3.63, 3.8) is 0 Å². The van der Waals surface area contributed by atoms with Gasteiger partial charge in [0.05, 0.1) is 29.9 Å². The fourth-order valence-corrected chi connectivity index (χ4v) is 4.34. The van der Waals surface area contributed by atoms with E-state index in [2.05, 4.69) is 20.8 Å². The fraction of sp³-hybridized carbons (Fsp3) is 0.227. The van der Waals surface area contributed by atoms with Gasteiger partial charge in [0.2, 0.25) is 11.7 Å². The first-order valence-electron chi connectivity index (χ1n) is 10.5. The highest BCUT2D eigenvalue weighted by molar-refractivity contribution is 7.99. The van der Waals surface area contributed by atoms with Crippen LogP contribution < -0.4 is 25.7 Å². The maximum absolute atomic E-state index is 12.5. The van der Waals surface area contributed by atoms with Crippen molar-refractivity contribution in [2.24, 2.45) is 7.05 Å². The molecule has 5 rings (SSSR count). The molecule has 0 radical (unpaired) electrons. The number of carbonyl (C=O) groups is 2. The predicted octanol–water partition coefficient (Wildman–Crippen LogP) is 2.18. The van der Waals surface area contributed by atoms with Gasteiger partial charge in [-0.15, -0.1) is 10.2 Å². The van der Waals surface area contributed by atoms with Crippen LogP contribution in [0.4, 0.5) is 10.5 Å². The second kappa shape index (κ2) is 9.06. The van der Waals surface area contributed by atoms with Crippen molar-refractivity contribution < 1.29 is 19.1 Å². The standard InChI is InChI=1S/C22H20N6O5S/c1-27-19(30)14-5-2-3-6-15(14)28-21(27)25-26-22(28)34-12-18(29)24-20(31)23-13-7-8-16-17(11-13)33-10-4-9-32-16/h2-3,5-8,11H,4,9-10,12H2,1H3,(H2,23,24,29,31). The van der Waals surface area contributed by atoms with Gasteiger partial charge in [-0.3, -0.25) is 23.9 Å². The smallest absolute Gasteiger partial charge is 0.325 e. The molecule has 3 amide bonds. The van der Waals surface area contributed by atoms with Crippen LogP contribution in [0.15, 0.2) is 52.4 Å². The molecule has 12 heteroatoms. The summed E-state index contributed by atoms with van der Waals surface area (Å²) in [5, 5.41) is 14.1. The Balaban J connectivity index is 1.26. The Morgan fingerprint density at radius 3 is 2.74 bits per heavy atom. The molecule has 3 heterocycles.